The predicted molar refractivity (Wildman–Crippen MR) is 84.6 cm³/mol. The average Bonchev–Trinajstić information content (AvgIpc) is 2.73. The van der Waals surface area contributed by atoms with Gasteiger partial charge in [0.1, 0.15) is 0 Å². The van der Waals surface area contributed by atoms with Crippen molar-refractivity contribution in [1.29, 1.82) is 0 Å². The number of hydrogen-bond donors (Lipinski definition) is 3. The summed E-state index contributed by atoms with van der Waals surface area (Å²) in [4.78, 5) is 23.3. The van der Waals surface area contributed by atoms with Crippen molar-refractivity contribution >= 4 is 33.6 Å². The number of anilines is 1. The van der Waals surface area contributed by atoms with Crippen molar-refractivity contribution < 1.29 is 14.7 Å². The second kappa shape index (κ2) is 6.47. The maximum Gasteiger partial charge on any atom is 0.337 e. The highest BCUT2D eigenvalue weighted by molar-refractivity contribution is 9.10. The van der Waals surface area contributed by atoms with Crippen LogP contribution in [0, 0.1) is 11.8 Å². The molecule has 1 aliphatic carbocycles. The number of hydrogen-bond acceptors (Lipinski definition) is 2. The molecule has 0 heterocycles. The molecule has 6 heteroatoms. The molecule has 0 saturated heterocycles. The van der Waals surface area contributed by atoms with Crippen molar-refractivity contribution in [2.75, 3.05) is 5.32 Å². The molecule has 0 radical (unpaired) electrons. The minimum atomic E-state index is -1.07. The van der Waals surface area contributed by atoms with E-state index in [1.165, 1.54) is 6.07 Å². The molecule has 5 nitrogen and oxygen atoms in total. The van der Waals surface area contributed by atoms with E-state index >= 15 is 0 Å². The van der Waals surface area contributed by atoms with Crippen LogP contribution in [0.1, 0.15) is 37.0 Å². The largest absolute Gasteiger partial charge is 0.478 e. The molecule has 1 aliphatic rings. The van der Waals surface area contributed by atoms with Gasteiger partial charge in [0, 0.05) is 10.5 Å². The normalized spacial score (nSPS) is 24.6. The van der Waals surface area contributed by atoms with Gasteiger partial charge in [0.05, 0.1) is 11.3 Å². The summed E-state index contributed by atoms with van der Waals surface area (Å²) in [5.74, 6) is -0.0586. The summed E-state index contributed by atoms with van der Waals surface area (Å²) >= 11 is 3.27. The third-order valence-electron chi connectivity index (χ3n) is 4.26. The Balaban J connectivity index is 2.08. The molecule has 2 amide bonds. The topological polar surface area (TPSA) is 78.4 Å². The van der Waals surface area contributed by atoms with Crippen LogP contribution in [0.4, 0.5) is 10.5 Å². The average molecular weight is 355 g/mol. The fraction of sp³-hybridized carbons (Fsp3) is 0.467. The Hall–Kier alpha value is -1.56. The monoisotopic (exact) mass is 354 g/mol. The maximum absolute atomic E-state index is 12.1. The lowest BCUT2D eigenvalue weighted by atomic mass is 9.98. The third kappa shape index (κ3) is 3.56. The van der Waals surface area contributed by atoms with E-state index in [-0.39, 0.29) is 23.3 Å². The Labute approximate surface area is 132 Å². The van der Waals surface area contributed by atoms with Gasteiger partial charge in [-0.2, -0.15) is 0 Å². The van der Waals surface area contributed by atoms with Crippen molar-refractivity contribution in [1.82, 2.24) is 5.32 Å². The van der Waals surface area contributed by atoms with E-state index in [1.807, 2.05) is 0 Å². The van der Waals surface area contributed by atoms with E-state index in [1.54, 1.807) is 12.1 Å². The van der Waals surface area contributed by atoms with Gasteiger partial charge in [0.25, 0.3) is 0 Å². The molecule has 0 bridgehead atoms. The van der Waals surface area contributed by atoms with Gasteiger partial charge in [-0.25, -0.2) is 9.59 Å². The van der Waals surface area contributed by atoms with Crippen LogP contribution in [-0.2, 0) is 0 Å². The number of carbonyl (C=O) groups excluding carboxylic acids is 1. The Kier molecular flexibility index (Phi) is 4.88. The molecule has 2 rings (SSSR count). The Morgan fingerprint density at radius 3 is 2.57 bits per heavy atom. The molecular weight excluding hydrogens is 336 g/mol. The fourth-order valence-electron chi connectivity index (χ4n) is 2.72. The summed E-state index contributed by atoms with van der Waals surface area (Å²) in [6.07, 6.45) is 2.05. The molecule has 0 spiro atoms. The van der Waals surface area contributed by atoms with Crippen LogP contribution in [0.5, 0.6) is 0 Å². The highest BCUT2D eigenvalue weighted by Gasteiger charge is 2.31. The molecule has 1 aromatic rings. The quantitative estimate of drug-likeness (QED) is 0.774. The zero-order valence-corrected chi connectivity index (χ0v) is 13.6. The van der Waals surface area contributed by atoms with Crippen molar-refractivity contribution in [3.05, 3.63) is 28.2 Å². The second-order valence-corrected chi connectivity index (χ2v) is 6.44. The van der Waals surface area contributed by atoms with Gasteiger partial charge in [-0.3, -0.25) is 0 Å². The lowest BCUT2D eigenvalue weighted by molar-refractivity contribution is 0.0698. The number of carboxylic acid groups (broad SMARTS) is 1. The molecule has 1 saturated carbocycles. The van der Waals surface area contributed by atoms with Gasteiger partial charge in [-0.1, -0.05) is 19.9 Å². The number of nitrogens with one attached hydrogen (secondary N) is 2. The first-order chi connectivity index (χ1) is 9.90. The minimum absolute atomic E-state index is 0.0624. The van der Waals surface area contributed by atoms with E-state index in [0.717, 1.165) is 12.8 Å². The summed E-state index contributed by atoms with van der Waals surface area (Å²) in [5.41, 5.74) is 0.341. The Morgan fingerprint density at radius 2 is 2.00 bits per heavy atom. The number of carboxylic acids is 1. The Bertz CT molecular complexity index is 562. The number of carbonyl (C=O) groups is 2. The number of amides is 2. The van der Waals surface area contributed by atoms with Crippen LogP contribution in [0.25, 0.3) is 0 Å². The molecule has 3 atom stereocenters. The zero-order valence-electron chi connectivity index (χ0n) is 12.0. The molecule has 3 unspecified atom stereocenters. The molecule has 21 heavy (non-hydrogen) atoms. The first kappa shape index (κ1) is 15.8. The summed E-state index contributed by atoms with van der Waals surface area (Å²) < 4.78 is 0.547. The van der Waals surface area contributed by atoms with Crippen LogP contribution in [-0.4, -0.2) is 23.1 Å². The number of aromatic carboxylic acids is 1. The SMILES string of the molecule is CC1CCC(NC(=O)Nc2c(Br)cccc2C(=O)O)C1C. The highest BCUT2D eigenvalue weighted by atomic mass is 79.9. The lowest BCUT2D eigenvalue weighted by Gasteiger charge is -2.20. The van der Waals surface area contributed by atoms with Gasteiger partial charge < -0.3 is 15.7 Å². The van der Waals surface area contributed by atoms with Crippen molar-refractivity contribution in [2.45, 2.75) is 32.7 Å². The molecule has 3 N–H and O–H groups in total. The molecule has 1 aromatic carbocycles. The number of urea groups is 1. The molecule has 1 fully saturated rings. The van der Waals surface area contributed by atoms with Gasteiger partial charge in [-0.05, 0) is 52.7 Å². The van der Waals surface area contributed by atoms with E-state index in [2.05, 4.69) is 40.4 Å². The zero-order chi connectivity index (χ0) is 15.6. The summed E-state index contributed by atoms with van der Waals surface area (Å²) in [5, 5.41) is 14.8. The smallest absolute Gasteiger partial charge is 0.337 e. The number of benzene rings is 1. The Morgan fingerprint density at radius 1 is 1.29 bits per heavy atom. The summed E-state index contributed by atoms with van der Waals surface area (Å²) in [6.45, 7) is 4.31. The number of halogens is 1. The third-order valence-corrected chi connectivity index (χ3v) is 4.93. The van der Waals surface area contributed by atoms with Crippen LogP contribution < -0.4 is 10.6 Å². The van der Waals surface area contributed by atoms with E-state index in [9.17, 15) is 14.7 Å². The molecule has 0 aliphatic heterocycles. The van der Waals surface area contributed by atoms with Crippen LogP contribution in [0.3, 0.4) is 0 Å². The van der Waals surface area contributed by atoms with Crippen LogP contribution >= 0.6 is 15.9 Å². The first-order valence-corrected chi connectivity index (χ1v) is 7.78. The van der Waals surface area contributed by atoms with Gasteiger partial charge in [0.2, 0.25) is 0 Å². The van der Waals surface area contributed by atoms with Crippen LogP contribution in [0.15, 0.2) is 22.7 Å². The maximum atomic E-state index is 12.1. The minimum Gasteiger partial charge on any atom is -0.478 e. The lowest BCUT2D eigenvalue weighted by Crippen LogP contribution is -2.40. The van der Waals surface area contributed by atoms with Gasteiger partial charge in [-0.15, -0.1) is 0 Å². The number of rotatable bonds is 3. The molecule has 0 aromatic heterocycles. The highest BCUT2D eigenvalue weighted by Crippen LogP contribution is 2.31. The van der Waals surface area contributed by atoms with Crippen molar-refractivity contribution in [3.8, 4) is 0 Å². The fourth-order valence-corrected chi connectivity index (χ4v) is 3.18. The molecule has 114 valence electrons. The van der Waals surface area contributed by atoms with E-state index in [4.69, 9.17) is 0 Å². The first-order valence-electron chi connectivity index (χ1n) is 6.99. The second-order valence-electron chi connectivity index (χ2n) is 5.59. The van der Waals surface area contributed by atoms with Crippen molar-refractivity contribution in [3.63, 3.8) is 0 Å². The van der Waals surface area contributed by atoms with Gasteiger partial charge >= 0.3 is 12.0 Å². The predicted octanol–water partition coefficient (Wildman–Crippen LogP) is 3.70. The summed E-state index contributed by atoms with van der Waals surface area (Å²) in [6, 6.07) is 4.55. The van der Waals surface area contributed by atoms with Crippen molar-refractivity contribution in [2.24, 2.45) is 11.8 Å². The number of para-hydroxylation sites is 1. The van der Waals surface area contributed by atoms with E-state index < -0.39 is 5.97 Å². The summed E-state index contributed by atoms with van der Waals surface area (Å²) in [7, 11) is 0. The van der Waals surface area contributed by atoms with Crippen LogP contribution in [0.2, 0.25) is 0 Å². The molecular formula is C15H19BrN2O3. The van der Waals surface area contributed by atoms with E-state index in [0.29, 0.717) is 16.3 Å². The standard InChI is InChI=1S/C15H19BrN2O3/c1-8-6-7-12(9(8)2)17-15(21)18-13-10(14(19)20)4-3-5-11(13)16/h3-5,8-9,12H,6-7H2,1-2H3,(H,19,20)(H2,17,18,21). The van der Waals surface area contributed by atoms with Gasteiger partial charge in [0.15, 0.2) is 0 Å².